The first-order chi connectivity index (χ1) is 9.06. The van der Waals surface area contributed by atoms with Crippen LogP contribution in [0.5, 0.6) is 0 Å². The third-order valence-electron chi connectivity index (χ3n) is 3.84. The zero-order valence-corrected chi connectivity index (χ0v) is 11.8. The van der Waals surface area contributed by atoms with E-state index >= 15 is 0 Å². The minimum Gasteiger partial charge on any atom is -0.333 e. The van der Waals surface area contributed by atoms with Gasteiger partial charge in [-0.1, -0.05) is 6.92 Å². The zero-order valence-electron chi connectivity index (χ0n) is 11.8. The molecular weight excluding hydrogens is 240 g/mol. The summed E-state index contributed by atoms with van der Waals surface area (Å²) in [7, 11) is 0. The molecule has 0 bridgehead atoms. The van der Waals surface area contributed by atoms with Crippen molar-refractivity contribution < 1.29 is 4.79 Å². The molecule has 0 spiro atoms. The number of nitrogens with one attached hydrogen (secondary N) is 1. The number of amides is 1. The summed E-state index contributed by atoms with van der Waals surface area (Å²) in [5.41, 5.74) is 3.96. The SMILES string of the molecule is CCC1CCC(C)N1C(=O)c1cc(C)nc(NN)c1. The Morgan fingerprint density at radius 3 is 2.89 bits per heavy atom. The minimum atomic E-state index is 0.0823. The number of rotatable bonds is 3. The van der Waals surface area contributed by atoms with Gasteiger partial charge in [0, 0.05) is 23.3 Å². The maximum absolute atomic E-state index is 12.7. The summed E-state index contributed by atoms with van der Waals surface area (Å²) >= 11 is 0. The van der Waals surface area contributed by atoms with Crippen LogP contribution in [0.25, 0.3) is 0 Å². The summed E-state index contributed by atoms with van der Waals surface area (Å²) in [5, 5.41) is 0. The van der Waals surface area contributed by atoms with E-state index in [-0.39, 0.29) is 5.91 Å². The lowest BCUT2D eigenvalue weighted by atomic mass is 10.1. The number of carbonyl (C=O) groups is 1. The fourth-order valence-electron chi connectivity index (χ4n) is 2.85. The van der Waals surface area contributed by atoms with Gasteiger partial charge in [0.05, 0.1) is 0 Å². The summed E-state index contributed by atoms with van der Waals surface area (Å²) in [6.45, 7) is 6.11. The lowest BCUT2D eigenvalue weighted by Crippen LogP contribution is -2.39. The zero-order chi connectivity index (χ0) is 14.0. The van der Waals surface area contributed by atoms with Gasteiger partial charge < -0.3 is 10.3 Å². The van der Waals surface area contributed by atoms with Crippen molar-refractivity contribution in [2.45, 2.75) is 52.1 Å². The average molecular weight is 262 g/mol. The van der Waals surface area contributed by atoms with Crippen LogP contribution in [0.15, 0.2) is 12.1 Å². The average Bonchev–Trinajstić information content (AvgIpc) is 2.78. The van der Waals surface area contributed by atoms with E-state index in [0.29, 0.717) is 23.5 Å². The first kappa shape index (κ1) is 13.8. The Labute approximate surface area is 114 Å². The van der Waals surface area contributed by atoms with E-state index in [2.05, 4.69) is 24.3 Å². The molecule has 0 aliphatic carbocycles. The lowest BCUT2D eigenvalue weighted by Gasteiger charge is -2.28. The molecular formula is C14H22N4O. The summed E-state index contributed by atoms with van der Waals surface area (Å²) in [5.74, 6) is 6.00. The van der Waals surface area contributed by atoms with E-state index in [1.807, 2.05) is 17.9 Å². The van der Waals surface area contributed by atoms with Crippen molar-refractivity contribution in [2.24, 2.45) is 5.84 Å². The molecule has 1 aromatic rings. The number of hydrogen-bond donors (Lipinski definition) is 2. The van der Waals surface area contributed by atoms with Gasteiger partial charge in [0.15, 0.2) is 0 Å². The highest BCUT2D eigenvalue weighted by Crippen LogP contribution is 2.28. The molecule has 5 nitrogen and oxygen atoms in total. The number of carbonyl (C=O) groups excluding carboxylic acids is 1. The molecule has 1 aliphatic rings. The van der Waals surface area contributed by atoms with E-state index in [1.165, 1.54) is 0 Å². The molecule has 0 radical (unpaired) electrons. The van der Waals surface area contributed by atoms with Crippen LogP contribution in [-0.4, -0.2) is 27.9 Å². The molecule has 104 valence electrons. The van der Waals surface area contributed by atoms with Crippen LogP contribution in [-0.2, 0) is 0 Å². The predicted molar refractivity (Wildman–Crippen MR) is 75.7 cm³/mol. The molecule has 2 unspecified atom stereocenters. The second-order valence-electron chi connectivity index (χ2n) is 5.23. The van der Waals surface area contributed by atoms with Gasteiger partial charge in [0.2, 0.25) is 0 Å². The van der Waals surface area contributed by atoms with Crippen molar-refractivity contribution in [1.82, 2.24) is 9.88 Å². The predicted octanol–water partition coefficient (Wildman–Crippen LogP) is 2.08. The Balaban J connectivity index is 2.30. The summed E-state index contributed by atoms with van der Waals surface area (Å²) in [6, 6.07) is 4.19. The van der Waals surface area contributed by atoms with E-state index in [1.54, 1.807) is 6.07 Å². The molecule has 1 aliphatic heterocycles. The molecule has 0 aromatic carbocycles. The molecule has 1 amide bonds. The number of likely N-dealkylation sites (tertiary alicyclic amines) is 1. The molecule has 2 heterocycles. The van der Waals surface area contributed by atoms with Crippen LogP contribution in [0.2, 0.25) is 0 Å². The van der Waals surface area contributed by atoms with Crippen LogP contribution in [0.4, 0.5) is 5.82 Å². The second kappa shape index (κ2) is 5.57. The second-order valence-corrected chi connectivity index (χ2v) is 5.23. The Morgan fingerprint density at radius 2 is 2.26 bits per heavy atom. The standard InChI is InChI=1S/C14H22N4O/c1-4-12-6-5-10(3)18(12)14(19)11-7-9(2)16-13(8-11)17-15/h7-8,10,12H,4-6,15H2,1-3H3,(H,16,17). The Bertz CT molecular complexity index is 475. The highest BCUT2D eigenvalue weighted by atomic mass is 16.2. The first-order valence-corrected chi connectivity index (χ1v) is 6.84. The van der Waals surface area contributed by atoms with E-state index in [9.17, 15) is 4.79 Å². The molecule has 1 aromatic heterocycles. The number of anilines is 1. The molecule has 5 heteroatoms. The van der Waals surface area contributed by atoms with Gasteiger partial charge in [-0.3, -0.25) is 4.79 Å². The van der Waals surface area contributed by atoms with Crippen molar-refractivity contribution in [2.75, 3.05) is 5.43 Å². The monoisotopic (exact) mass is 262 g/mol. The summed E-state index contributed by atoms with van der Waals surface area (Å²) in [4.78, 5) is 18.9. The number of hydrazine groups is 1. The normalized spacial score (nSPS) is 22.6. The fraction of sp³-hybridized carbons (Fsp3) is 0.571. The van der Waals surface area contributed by atoms with Gasteiger partial charge >= 0.3 is 0 Å². The van der Waals surface area contributed by atoms with Crippen molar-refractivity contribution in [3.63, 3.8) is 0 Å². The largest absolute Gasteiger partial charge is 0.333 e. The number of nitrogen functional groups attached to an aromatic ring is 1. The van der Waals surface area contributed by atoms with Gasteiger partial charge in [-0.15, -0.1) is 0 Å². The molecule has 0 saturated carbocycles. The Kier molecular flexibility index (Phi) is 4.04. The Morgan fingerprint density at radius 1 is 1.53 bits per heavy atom. The van der Waals surface area contributed by atoms with E-state index in [0.717, 1.165) is 25.0 Å². The number of pyridine rings is 1. The third kappa shape index (κ3) is 2.71. The molecule has 1 saturated heterocycles. The molecule has 3 N–H and O–H groups in total. The van der Waals surface area contributed by atoms with Gasteiger partial charge in [-0.25, -0.2) is 10.8 Å². The van der Waals surface area contributed by atoms with Gasteiger partial charge in [-0.2, -0.15) is 0 Å². The van der Waals surface area contributed by atoms with Gasteiger partial charge in [0.25, 0.3) is 5.91 Å². The third-order valence-corrected chi connectivity index (χ3v) is 3.84. The van der Waals surface area contributed by atoms with Crippen LogP contribution in [0.1, 0.15) is 49.2 Å². The number of aromatic nitrogens is 1. The molecule has 1 fully saturated rings. The van der Waals surface area contributed by atoms with Crippen molar-refractivity contribution in [1.29, 1.82) is 0 Å². The van der Waals surface area contributed by atoms with Crippen molar-refractivity contribution in [3.8, 4) is 0 Å². The number of nitrogens with zero attached hydrogens (tertiary/aromatic N) is 2. The van der Waals surface area contributed by atoms with Crippen LogP contribution >= 0.6 is 0 Å². The van der Waals surface area contributed by atoms with Crippen LogP contribution in [0.3, 0.4) is 0 Å². The van der Waals surface area contributed by atoms with Crippen LogP contribution in [0, 0.1) is 6.92 Å². The van der Waals surface area contributed by atoms with Crippen molar-refractivity contribution in [3.05, 3.63) is 23.4 Å². The number of nitrogens with two attached hydrogens (primary N) is 1. The topological polar surface area (TPSA) is 71.2 Å². The van der Waals surface area contributed by atoms with Crippen LogP contribution < -0.4 is 11.3 Å². The first-order valence-electron chi connectivity index (χ1n) is 6.84. The summed E-state index contributed by atoms with van der Waals surface area (Å²) in [6.07, 6.45) is 3.17. The summed E-state index contributed by atoms with van der Waals surface area (Å²) < 4.78 is 0. The Hall–Kier alpha value is -1.62. The maximum Gasteiger partial charge on any atom is 0.254 e. The minimum absolute atomic E-state index is 0.0823. The maximum atomic E-state index is 12.7. The number of hydrogen-bond acceptors (Lipinski definition) is 4. The van der Waals surface area contributed by atoms with Crippen molar-refractivity contribution >= 4 is 11.7 Å². The molecule has 2 atom stereocenters. The molecule has 19 heavy (non-hydrogen) atoms. The number of aryl methyl sites for hydroxylation is 1. The van der Waals surface area contributed by atoms with E-state index < -0.39 is 0 Å². The van der Waals surface area contributed by atoms with E-state index in [4.69, 9.17) is 5.84 Å². The highest BCUT2D eigenvalue weighted by Gasteiger charge is 2.33. The van der Waals surface area contributed by atoms with Gasteiger partial charge in [-0.05, 0) is 45.2 Å². The molecule has 2 rings (SSSR count). The highest BCUT2D eigenvalue weighted by molar-refractivity contribution is 5.95. The fourth-order valence-corrected chi connectivity index (χ4v) is 2.85. The van der Waals surface area contributed by atoms with Gasteiger partial charge in [0.1, 0.15) is 5.82 Å². The lowest BCUT2D eigenvalue weighted by molar-refractivity contribution is 0.0676. The smallest absolute Gasteiger partial charge is 0.254 e. The quantitative estimate of drug-likeness (QED) is 0.646.